The second kappa shape index (κ2) is 4.31. The Labute approximate surface area is 111 Å². The lowest BCUT2D eigenvalue weighted by Crippen LogP contribution is -2.16. The average molecular weight is 254 g/mol. The van der Waals surface area contributed by atoms with Crippen LogP contribution in [0.15, 0.2) is 42.5 Å². The first kappa shape index (κ1) is 11.6. The van der Waals surface area contributed by atoms with Crippen molar-refractivity contribution in [2.45, 2.75) is 13.1 Å². The van der Waals surface area contributed by atoms with E-state index in [1.807, 2.05) is 12.1 Å². The SMILES string of the molecule is Nc1ccc(C(=O)O)cc1N1Cc2ccccc2C1. The molecule has 0 spiro atoms. The first-order valence-corrected chi connectivity index (χ1v) is 6.09. The molecule has 0 bridgehead atoms. The van der Waals surface area contributed by atoms with Gasteiger partial charge in [0, 0.05) is 13.1 Å². The summed E-state index contributed by atoms with van der Waals surface area (Å²) in [6.45, 7) is 1.53. The molecule has 3 N–H and O–H groups in total. The van der Waals surface area contributed by atoms with E-state index in [9.17, 15) is 4.79 Å². The fourth-order valence-corrected chi connectivity index (χ4v) is 2.45. The van der Waals surface area contributed by atoms with E-state index in [1.54, 1.807) is 12.1 Å². The number of rotatable bonds is 2. The lowest BCUT2D eigenvalue weighted by atomic mass is 10.1. The van der Waals surface area contributed by atoms with Crippen molar-refractivity contribution < 1.29 is 9.90 Å². The molecule has 0 atom stereocenters. The van der Waals surface area contributed by atoms with Crippen molar-refractivity contribution in [1.82, 2.24) is 0 Å². The summed E-state index contributed by atoms with van der Waals surface area (Å²) in [5, 5.41) is 9.06. The second-order valence-corrected chi connectivity index (χ2v) is 4.70. The van der Waals surface area contributed by atoms with Gasteiger partial charge in [-0.05, 0) is 29.3 Å². The Morgan fingerprint density at radius 2 is 1.74 bits per heavy atom. The van der Waals surface area contributed by atoms with Crippen LogP contribution in [0.2, 0.25) is 0 Å². The van der Waals surface area contributed by atoms with E-state index in [2.05, 4.69) is 17.0 Å². The largest absolute Gasteiger partial charge is 0.478 e. The van der Waals surface area contributed by atoms with E-state index >= 15 is 0 Å². The maximum atomic E-state index is 11.0. The smallest absolute Gasteiger partial charge is 0.335 e. The van der Waals surface area contributed by atoms with Crippen LogP contribution in [0.3, 0.4) is 0 Å². The third kappa shape index (κ3) is 2.01. The molecule has 0 saturated carbocycles. The molecular formula is C15H14N2O2. The maximum Gasteiger partial charge on any atom is 0.335 e. The van der Waals surface area contributed by atoms with Gasteiger partial charge in [-0.15, -0.1) is 0 Å². The van der Waals surface area contributed by atoms with Gasteiger partial charge in [0.05, 0.1) is 16.9 Å². The lowest BCUT2D eigenvalue weighted by molar-refractivity contribution is 0.0697. The number of nitrogen functional groups attached to an aromatic ring is 1. The van der Waals surface area contributed by atoms with E-state index in [4.69, 9.17) is 10.8 Å². The molecule has 96 valence electrons. The molecule has 2 aromatic rings. The van der Waals surface area contributed by atoms with E-state index in [-0.39, 0.29) is 5.56 Å². The number of hydrogen-bond donors (Lipinski definition) is 2. The van der Waals surface area contributed by atoms with Crippen LogP contribution in [0.4, 0.5) is 11.4 Å². The molecule has 0 fully saturated rings. The third-order valence-corrected chi connectivity index (χ3v) is 3.46. The highest BCUT2D eigenvalue weighted by Gasteiger charge is 2.21. The minimum absolute atomic E-state index is 0.264. The molecule has 0 unspecified atom stereocenters. The Morgan fingerprint density at radius 3 is 2.32 bits per heavy atom. The summed E-state index contributed by atoms with van der Waals surface area (Å²) in [6.07, 6.45) is 0. The molecule has 3 rings (SSSR count). The van der Waals surface area contributed by atoms with Gasteiger partial charge in [0.2, 0.25) is 0 Å². The number of nitrogens with two attached hydrogens (primary N) is 1. The number of nitrogens with zero attached hydrogens (tertiary/aromatic N) is 1. The van der Waals surface area contributed by atoms with Gasteiger partial charge in [0.25, 0.3) is 0 Å². The molecule has 0 radical (unpaired) electrons. The molecule has 4 heteroatoms. The minimum Gasteiger partial charge on any atom is -0.478 e. The highest BCUT2D eigenvalue weighted by Crippen LogP contribution is 2.32. The van der Waals surface area contributed by atoms with Crippen LogP contribution in [0.25, 0.3) is 0 Å². The van der Waals surface area contributed by atoms with Crippen LogP contribution in [-0.2, 0) is 13.1 Å². The van der Waals surface area contributed by atoms with E-state index in [1.165, 1.54) is 17.2 Å². The zero-order valence-electron chi connectivity index (χ0n) is 10.3. The quantitative estimate of drug-likeness (QED) is 0.808. The van der Waals surface area contributed by atoms with Crippen molar-refractivity contribution in [3.05, 3.63) is 59.2 Å². The monoisotopic (exact) mass is 254 g/mol. The number of hydrogen-bond acceptors (Lipinski definition) is 3. The standard InChI is InChI=1S/C15H14N2O2/c16-13-6-5-10(15(18)19)7-14(13)17-8-11-3-1-2-4-12(11)9-17/h1-7H,8-9,16H2,(H,18,19). The molecule has 1 aliphatic rings. The number of fused-ring (bicyclic) bond motifs is 1. The van der Waals surface area contributed by atoms with Crippen LogP contribution in [0.5, 0.6) is 0 Å². The van der Waals surface area contributed by atoms with Crippen molar-refractivity contribution >= 4 is 17.3 Å². The number of benzene rings is 2. The number of aromatic carboxylic acids is 1. The molecule has 0 aliphatic carbocycles. The summed E-state index contributed by atoms with van der Waals surface area (Å²) < 4.78 is 0. The van der Waals surface area contributed by atoms with Gasteiger partial charge < -0.3 is 15.7 Å². The fraction of sp³-hybridized carbons (Fsp3) is 0.133. The van der Waals surface area contributed by atoms with Crippen LogP contribution in [-0.4, -0.2) is 11.1 Å². The van der Waals surface area contributed by atoms with Crippen molar-refractivity contribution in [3.8, 4) is 0 Å². The number of carboxylic acid groups (broad SMARTS) is 1. The van der Waals surface area contributed by atoms with Crippen molar-refractivity contribution in [2.24, 2.45) is 0 Å². The summed E-state index contributed by atoms with van der Waals surface area (Å²) in [7, 11) is 0. The van der Waals surface area contributed by atoms with Gasteiger partial charge in [-0.3, -0.25) is 0 Å². The topological polar surface area (TPSA) is 66.6 Å². The average Bonchev–Trinajstić information content (AvgIpc) is 2.82. The number of carboxylic acids is 1. The van der Waals surface area contributed by atoms with Crippen LogP contribution in [0.1, 0.15) is 21.5 Å². The molecule has 0 amide bonds. The predicted molar refractivity (Wildman–Crippen MR) is 74.1 cm³/mol. The van der Waals surface area contributed by atoms with E-state index in [0.29, 0.717) is 5.69 Å². The summed E-state index contributed by atoms with van der Waals surface area (Å²) >= 11 is 0. The van der Waals surface area contributed by atoms with Crippen molar-refractivity contribution in [2.75, 3.05) is 10.6 Å². The fourth-order valence-electron chi connectivity index (χ4n) is 2.45. The third-order valence-electron chi connectivity index (χ3n) is 3.46. The molecule has 0 aromatic heterocycles. The summed E-state index contributed by atoms with van der Waals surface area (Å²) in [4.78, 5) is 13.1. The van der Waals surface area contributed by atoms with Gasteiger partial charge in [0.1, 0.15) is 0 Å². The highest BCUT2D eigenvalue weighted by molar-refractivity contribution is 5.90. The Kier molecular flexibility index (Phi) is 2.63. The van der Waals surface area contributed by atoms with Crippen LogP contribution < -0.4 is 10.6 Å². The summed E-state index contributed by atoms with van der Waals surface area (Å²) in [5.74, 6) is -0.932. The van der Waals surface area contributed by atoms with E-state index < -0.39 is 5.97 Å². The Bertz CT molecular complexity index is 627. The van der Waals surface area contributed by atoms with Gasteiger partial charge in [-0.1, -0.05) is 24.3 Å². The normalized spacial score (nSPS) is 13.4. The zero-order chi connectivity index (χ0) is 13.4. The van der Waals surface area contributed by atoms with Crippen LogP contribution in [0, 0.1) is 0 Å². The van der Waals surface area contributed by atoms with Gasteiger partial charge in [-0.25, -0.2) is 4.79 Å². The van der Waals surface area contributed by atoms with E-state index in [0.717, 1.165) is 18.8 Å². The Morgan fingerprint density at radius 1 is 1.11 bits per heavy atom. The molecule has 0 saturated heterocycles. The number of carbonyl (C=O) groups is 1. The van der Waals surface area contributed by atoms with Crippen molar-refractivity contribution in [1.29, 1.82) is 0 Å². The minimum atomic E-state index is -0.932. The molecule has 2 aromatic carbocycles. The molecule has 19 heavy (non-hydrogen) atoms. The zero-order valence-corrected chi connectivity index (χ0v) is 10.3. The van der Waals surface area contributed by atoms with Gasteiger partial charge >= 0.3 is 5.97 Å². The first-order chi connectivity index (χ1) is 9.15. The lowest BCUT2D eigenvalue weighted by Gasteiger charge is -2.20. The second-order valence-electron chi connectivity index (χ2n) is 4.70. The summed E-state index contributed by atoms with van der Waals surface area (Å²) in [6, 6.07) is 13.0. The maximum absolute atomic E-state index is 11.0. The summed E-state index contributed by atoms with van der Waals surface area (Å²) in [5.41, 5.74) is 10.2. The predicted octanol–water partition coefficient (Wildman–Crippen LogP) is 2.49. The first-order valence-electron chi connectivity index (χ1n) is 6.09. The molecule has 4 nitrogen and oxygen atoms in total. The highest BCUT2D eigenvalue weighted by atomic mass is 16.4. The van der Waals surface area contributed by atoms with Crippen molar-refractivity contribution in [3.63, 3.8) is 0 Å². The van der Waals surface area contributed by atoms with Gasteiger partial charge in [-0.2, -0.15) is 0 Å². The number of anilines is 2. The molecule has 1 heterocycles. The Hall–Kier alpha value is -2.49. The molecule has 1 aliphatic heterocycles. The van der Waals surface area contributed by atoms with Crippen LogP contribution >= 0.6 is 0 Å². The molecular weight excluding hydrogens is 240 g/mol. The Balaban J connectivity index is 1.97. The van der Waals surface area contributed by atoms with Gasteiger partial charge in [0.15, 0.2) is 0 Å².